The topological polar surface area (TPSA) is 32.3 Å². The Kier molecular flexibility index (Phi) is 3.56. The third-order valence-corrected chi connectivity index (χ3v) is 4.47. The zero-order valence-electron chi connectivity index (χ0n) is 11.6. The molecule has 1 unspecified atom stereocenters. The van der Waals surface area contributed by atoms with Crippen molar-refractivity contribution in [3.05, 3.63) is 29.3 Å². The molecule has 1 aliphatic heterocycles. The normalized spacial score (nSPS) is 21.4. The molecule has 0 bridgehead atoms. The van der Waals surface area contributed by atoms with E-state index in [0.29, 0.717) is 12.3 Å². The Balaban J connectivity index is 1.68. The number of hydrogen-bond acceptors (Lipinski definition) is 2. The summed E-state index contributed by atoms with van der Waals surface area (Å²) in [5, 5.41) is 3.32. The predicted octanol–water partition coefficient (Wildman–Crippen LogP) is 2.14. The van der Waals surface area contributed by atoms with Crippen LogP contribution in [0, 0.1) is 5.92 Å². The first-order valence-corrected chi connectivity index (χ1v) is 7.33. The molecule has 1 N–H and O–H groups in total. The van der Waals surface area contributed by atoms with Crippen LogP contribution < -0.4 is 10.2 Å². The van der Waals surface area contributed by atoms with Gasteiger partial charge in [0, 0.05) is 19.2 Å². The first-order valence-electron chi connectivity index (χ1n) is 7.33. The Labute approximate surface area is 115 Å². The third-order valence-electron chi connectivity index (χ3n) is 4.47. The number of hydrogen-bond donors (Lipinski definition) is 1. The van der Waals surface area contributed by atoms with Crippen molar-refractivity contribution in [1.29, 1.82) is 0 Å². The molecule has 1 heterocycles. The number of carbonyl (C=O) groups is 1. The molecule has 102 valence electrons. The van der Waals surface area contributed by atoms with Gasteiger partial charge in [0.05, 0.1) is 0 Å². The molecule has 0 aromatic heterocycles. The molecule has 1 saturated heterocycles. The van der Waals surface area contributed by atoms with Crippen LogP contribution in [0.4, 0.5) is 5.69 Å². The van der Waals surface area contributed by atoms with E-state index in [1.807, 2.05) is 11.9 Å². The molecule has 1 aliphatic carbocycles. The Hall–Kier alpha value is -1.35. The summed E-state index contributed by atoms with van der Waals surface area (Å²) in [6, 6.07) is 6.49. The fourth-order valence-electron chi connectivity index (χ4n) is 3.18. The lowest BCUT2D eigenvalue weighted by Gasteiger charge is -2.20. The van der Waals surface area contributed by atoms with Crippen molar-refractivity contribution in [2.75, 3.05) is 25.0 Å². The minimum absolute atomic E-state index is 0.242. The number of rotatable bonds is 3. The number of nitrogens with zero attached hydrogens (tertiary/aromatic N) is 1. The molecule has 1 atom stereocenters. The SMILES string of the molecule is CN(C(=O)CC1CCNC1)c1ccc2c(c1)CCC2. The predicted molar refractivity (Wildman–Crippen MR) is 77.5 cm³/mol. The van der Waals surface area contributed by atoms with Gasteiger partial charge < -0.3 is 10.2 Å². The quantitative estimate of drug-likeness (QED) is 0.901. The lowest BCUT2D eigenvalue weighted by atomic mass is 10.0. The molecule has 1 amide bonds. The number of amides is 1. The van der Waals surface area contributed by atoms with Crippen LogP contribution in [0.25, 0.3) is 0 Å². The fraction of sp³-hybridized carbons (Fsp3) is 0.562. The van der Waals surface area contributed by atoms with Crippen LogP contribution in [0.2, 0.25) is 0 Å². The Morgan fingerprint density at radius 3 is 3.00 bits per heavy atom. The average molecular weight is 258 g/mol. The first-order chi connectivity index (χ1) is 9.24. The molecule has 3 rings (SSSR count). The molecule has 19 heavy (non-hydrogen) atoms. The van der Waals surface area contributed by atoms with Crippen LogP contribution >= 0.6 is 0 Å². The number of nitrogens with one attached hydrogen (secondary N) is 1. The van der Waals surface area contributed by atoms with Gasteiger partial charge in [0.25, 0.3) is 0 Å². The van der Waals surface area contributed by atoms with E-state index in [1.165, 1.54) is 24.0 Å². The largest absolute Gasteiger partial charge is 0.316 e. The van der Waals surface area contributed by atoms with Crippen LogP contribution in [0.5, 0.6) is 0 Å². The van der Waals surface area contributed by atoms with Gasteiger partial charge in [-0.25, -0.2) is 0 Å². The van der Waals surface area contributed by atoms with Crippen molar-refractivity contribution in [2.45, 2.75) is 32.1 Å². The highest BCUT2D eigenvalue weighted by atomic mass is 16.2. The van der Waals surface area contributed by atoms with E-state index in [0.717, 1.165) is 31.6 Å². The van der Waals surface area contributed by atoms with E-state index < -0.39 is 0 Å². The highest BCUT2D eigenvalue weighted by Gasteiger charge is 2.21. The summed E-state index contributed by atoms with van der Waals surface area (Å²) in [6.45, 7) is 2.05. The molecular weight excluding hydrogens is 236 g/mol. The second-order valence-corrected chi connectivity index (χ2v) is 5.82. The van der Waals surface area contributed by atoms with Gasteiger partial charge in [0.15, 0.2) is 0 Å². The number of anilines is 1. The Morgan fingerprint density at radius 1 is 1.37 bits per heavy atom. The fourth-order valence-corrected chi connectivity index (χ4v) is 3.18. The molecule has 1 fully saturated rings. The minimum atomic E-state index is 0.242. The summed E-state index contributed by atoms with van der Waals surface area (Å²) in [5.74, 6) is 0.760. The summed E-state index contributed by atoms with van der Waals surface area (Å²) in [5.41, 5.74) is 3.95. The molecular formula is C16H22N2O. The van der Waals surface area contributed by atoms with Crippen molar-refractivity contribution in [2.24, 2.45) is 5.92 Å². The van der Waals surface area contributed by atoms with Crippen LogP contribution in [0.1, 0.15) is 30.4 Å². The Morgan fingerprint density at radius 2 is 2.21 bits per heavy atom. The van der Waals surface area contributed by atoms with Gasteiger partial charge in [0.2, 0.25) is 5.91 Å². The van der Waals surface area contributed by atoms with E-state index in [9.17, 15) is 4.79 Å². The minimum Gasteiger partial charge on any atom is -0.316 e. The van der Waals surface area contributed by atoms with Gasteiger partial charge in [-0.05, 0) is 68.0 Å². The maximum absolute atomic E-state index is 12.3. The van der Waals surface area contributed by atoms with Crippen molar-refractivity contribution in [3.63, 3.8) is 0 Å². The van der Waals surface area contributed by atoms with Crippen LogP contribution in [-0.2, 0) is 17.6 Å². The van der Waals surface area contributed by atoms with E-state index in [4.69, 9.17) is 0 Å². The van der Waals surface area contributed by atoms with Crippen molar-refractivity contribution >= 4 is 11.6 Å². The van der Waals surface area contributed by atoms with Crippen molar-refractivity contribution < 1.29 is 4.79 Å². The monoisotopic (exact) mass is 258 g/mol. The van der Waals surface area contributed by atoms with Gasteiger partial charge in [0.1, 0.15) is 0 Å². The maximum Gasteiger partial charge on any atom is 0.227 e. The van der Waals surface area contributed by atoms with E-state index >= 15 is 0 Å². The summed E-state index contributed by atoms with van der Waals surface area (Å²) in [4.78, 5) is 14.1. The van der Waals surface area contributed by atoms with E-state index in [1.54, 1.807) is 0 Å². The second kappa shape index (κ2) is 5.33. The lowest BCUT2D eigenvalue weighted by molar-refractivity contribution is -0.119. The van der Waals surface area contributed by atoms with Crippen molar-refractivity contribution in [1.82, 2.24) is 5.32 Å². The standard InChI is InChI=1S/C16H22N2O/c1-18(16(19)9-12-7-8-17-11-12)15-6-5-13-3-2-4-14(13)10-15/h5-6,10,12,17H,2-4,7-9,11H2,1H3. The van der Waals surface area contributed by atoms with Gasteiger partial charge in [-0.1, -0.05) is 6.07 Å². The third kappa shape index (κ3) is 2.66. The molecule has 0 saturated carbocycles. The van der Waals surface area contributed by atoms with Gasteiger partial charge >= 0.3 is 0 Å². The molecule has 3 heteroatoms. The van der Waals surface area contributed by atoms with Crippen molar-refractivity contribution in [3.8, 4) is 0 Å². The maximum atomic E-state index is 12.3. The molecule has 3 nitrogen and oxygen atoms in total. The van der Waals surface area contributed by atoms with Gasteiger partial charge in [-0.3, -0.25) is 4.79 Å². The zero-order chi connectivity index (χ0) is 13.2. The molecule has 0 spiro atoms. The summed E-state index contributed by atoms with van der Waals surface area (Å²) in [7, 11) is 1.90. The van der Waals surface area contributed by atoms with Crippen LogP contribution in [-0.4, -0.2) is 26.0 Å². The van der Waals surface area contributed by atoms with Crippen LogP contribution in [0.15, 0.2) is 18.2 Å². The zero-order valence-corrected chi connectivity index (χ0v) is 11.6. The first kappa shape index (κ1) is 12.7. The van der Waals surface area contributed by atoms with Gasteiger partial charge in [-0.2, -0.15) is 0 Å². The highest BCUT2D eigenvalue weighted by molar-refractivity contribution is 5.93. The summed E-state index contributed by atoms with van der Waals surface area (Å²) in [6.07, 6.45) is 5.41. The number of fused-ring (bicyclic) bond motifs is 1. The van der Waals surface area contributed by atoms with E-state index in [2.05, 4.69) is 23.5 Å². The molecule has 0 radical (unpaired) electrons. The average Bonchev–Trinajstić information content (AvgIpc) is 3.07. The number of aryl methyl sites for hydroxylation is 2. The summed E-state index contributed by atoms with van der Waals surface area (Å²) < 4.78 is 0. The smallest absolute Gasteiger partial charge is 0.227 e. The van der Waals surface area contributed by atoms with E-state index in [-0.39, 0.29) is 5.91 Å². The van der Waals surface area contributed by atoms with Gasteiger partial charge in [-0.15, -0.1) is 0 Å². The summed E-state index contributed by atoms with van der Waals surface area (Å²) >= 11 is 0. The second-order valence-electron chi connectivity index (χ2n) is 5.82. The number of benzene rings is 1. The molecule has 2 aliphatic rings. The molecule has 1 aromatic carbocycles. The molecule has 1 aromatic rings. The lowest BCUT2D eigenvalue weighted by Crippen LogP contribution is -2.28. The highest BCUT2D eigenvalue weighted by Crippen LogP contribution is 2.27. The Bertz CT molecular complexity index is 478. The number of carbonyl (C=O) groups excluding carboxylic acids is 1. The van der Waals surface area contributed by atoms with Crippen LogP contribution in [0.3, 0.4) is 0 Å².